The van der Waals surface area contributed by atoms with Crippen molar-refractivity contribution in [2.45, 2.75) is 31.3 Å². The van der Waals surface area contributed by atoms with Crippen molar-refractivity contribution in [1.29, 1.82) is 0 Å². The molecule has 0 bridgehead atoms. The van der Waals surface area contributed by atoms with Crippen molar-refractivity contribution in [3.63, 3.8) is 0 Å². The lowest BCUT2D eigenvalue weighted by atomic mass is 10.1. The Morgan fingerprint density at radius 3 is 2.48 bits per heavy atom. The second-order valence-corrected chi connectivity index (χ2v) is 6.64. The molecule has 27 heavy (non-hydrogen) atoms. The lowest BCUT2D eigenvalue weighted by Crippen LogP contribution is -2.41. The van der Waals surface area contributed by atoms with E-state index in [0.29, 0.717) is 18.1 Å². The molecule has 0 saturated carbocycles. The van der Waals surface area contributed by atoms with Gasteiger partial charge in [0.1, 0.15) is 0 Å². The quantitative estimate of drug-likeness (QED) is 0.684. The van der Waals surface area contributed by atoms with Crippen LogP contribution in [-0.2, 0) is 4.79 Å². The van der Waals surface area contributed by atoms with Crippen LogP contribution in [0.5, 0.6) is 0 Å². The predicted molar refractivity (Wildman–Crippen MR) is 101 cm³/mol. The predicted octanol–water partition coefficient (Wildman–Crippen LogP) is 1.89. The number of carboxylic acid groups (broad SMARTS) is 1. The van der Waals surface area contributed by atoms with E-state index in [-0.39, 0.29) is 24.4 Å². The summed E-state index contributed by atoms with van der Waals surface area (Å²) in [7, 11) is 1.91. The number of para-hydroxylation sites is 1. The van der Waals surface area contributed by atoms with E-state index in [9.17, 15) is 9.59 Å². The Hall–Kier alpha value is -3.00. The third-order valence-corrected chi connectivity index (χ3v) is 4.84. The van der Waals surface area contributed by atoms with Crippen LogP contribution in [0.4, 0.5) is 11.6 Å². The number of likely N-dealkylation sites (N-methyl/N-ethyl adjacent to an activating group) is 1. The number of hydrogen-bond acceptors (Lipinski definition) is 6. The average Bonchev–Trinajstić information content (AvgIpc) is 3.00. The Morgan fingerprint density at radius 1 is 1.15 bits per heavy atom. The van der Waals surface area contributed by atoms with Gasteiger partial charge in [0, 0.05) is 36.7 Å². The number of nitrogens with one attached hydrogen (secondary N) is 2. The molecular weight excluding hydrogens is 346 g/mol. The molecule has 2 atom stereocenters. The molecule has 1 aromatic heterocycles. The summed E-state index contributed by atoms with van der Waals surface area (Å²) in [5.41, 5.74) is 1.26. The third kappa shape index (κ3) is 5.01. The van der Waals surface area contributed by atoms with E-state index >= 15 is 0 Å². The van der Waals surface area contributed by atoms with Crippen LogP contribution in [-0.4, -0.2) is 57.5 Å². The fraction of sp³-hybridized carbons (Fsp3) is 0.368. The molecule has 1 saturated heterocycles. The minimum Gasteiger partial charge on any atom is -0.481 e. The molecule has 0 aliphatic carbocycles. The van der Waals surface area contributed by atoms with Gasteiger partial charge in [-0.25, -0.2) is 9.97 Å². The van der Waals surface area contributed by atoms with Gasteiger partial charge < -0.3 is 15.7 Å². The number of carboxylic acids is 1. The van der Waals surface area contributed by atoms with Crippen LogP contribution in [0, 0.1) is 0 Å². The molecule has 0 spiro atoms. The third-order valence-electron chi connectivity index (χ3n) is 4.84. The van der Waals surface area contributed by atoms with E-state index in [1.54, 1.807) is 0 Å². The lowest BCUT2D eigenvalue weighted by Gasteiger charge is -2.25. The zero-order valence-corrected chi connectivity index (χ0v) is 15.1. The second kappa shape index (κ2) is 8.59. The van der Waals surface area contributed by atoms with Crippen molar-refractivity contribution in [3.8, 4) is 0 Å². The molecule has 0 unspecified atom stereocenters. The van der Waals surface area contributed by atoms with Gasteiger partial charge in [-0.15, -0.1) is 0 Å². The molecule has 142 valence electrons. The van der Waals surface area contributed by atoms with Gasteiger partial charge in [0.2, 0.25) is 5.95 Å². The molecule has 2 aromatic rings. The first kappa shape index (κ1) is 18.8. The van der Waals surface area contributed by atoms with Crippen LogP contribution < -0.4 is 10.6 Å². The van der Waals surface area contributed by atoms with Crippen molar-refractivity contribution in [2.24, 2.45) is 0 Å². The fourth-order valence-corrected chi connectivity index (χ4v) is 3.26. The van der Waals surface area contributed by atoms with E-state index in [2.05, 4.69) is 20.6 Å². The largest absolute Gasteiger partial charge is 0.481 e. The first-order chi connectivity index (χ1) is 13.0. The maximum Gasteiger partial charge on any atom is 0.304 e. The summed E-state index contributed by atoms with van der Waals surface area (Å²) in [6.07, 6.45) is 4.79. The van der Waals surface area contributed by atoms with Gasteiger partial charge in [0.05, 0.1) is 12.0 Å². The fourth-order valence-electron chi connectivity index (χ4n) is 3.26. The Bertz CT molecular complexity index is 782. The molecular formula is C19H23N5O3. The SMILES string of the molecule is CN1[C@@H](CC(=O)O)CC[C@H]1CNC(=O)c1cnc(Nc2ccccc2)nc1. The number of anilines is 2. The zero-order valence-electron chi connectivity index (χ0n) is 15.1. The van der Waals surface area contributed by atoms with Crippen LogP contribution in [0.15, 0.2) is 42.7 Å². The number of likely N-dealkylation sites (tertiary alicyclic amines) is 1. The Kier molecular flexibility index (Phi) is 5.97. The summed E-state index contributed by atoms with van der Waals surface area (Å²) in [6, 6.07) is 9.70. The average molecular weight is 369 g/mol. The highest BCUT2D eigenvalue weighted by molar-refractivity contribution is 5.93. The molecule has 8 nitrogen and oxygen atoms in total. The van der Waals surface area contributed by atoms with Crippen molar-refractivity contribution < 1.29 is 14.7 Å². The minimum absolute atomic E-state index is 0.0241. The van der Waals surface area contributed by atoms with Crippen molar-refractivity contribution in [3.05, 3.63) is 48.3 Å². The standard InChI is InChI=1S/C19H23N5O3/c1-24-15(9-17(25)26)7-8-16(24)12-20-18(27)13-10-21-19(22-11-13)23-14-5-3-2-4-6-14/h2-6,10-11,15-16H,7-9,12H2,1H3,(H,20,27)(H,25,26)(H,21,22,23)/t15-,16+/m1/s1. The van der Waals surface area contributed by atoms with E-state index in [1.807, 2.05) is 42.3 Å². The molecule has 0 radical (unpaired) electrons. The van der Waals surface area contributed by atoms with E-state index < -0.39 is 5.97 Å². The first-order valence-electron chi connectivity index (χ1n) is 8.89. The number of aliphatic carboxylic acids is 1. The smallest absolute Gasteiger partial charge is 0.304 e. The maximum absolute atomic E-state index is 12.3. The van der Waals surface area contributed by atoms with Gasteiger partial charge in [-0.3, -0.25) is 14.5 Å². The molecule has 3 N–H and O–H groups in total. The van der Waals surface area contributed by atoms with Gasteiger partial charge in [0.25, 0.3) is 5.91 Å². The number of nitrogens with zero attached hydrogens (tertiary/aromatic N) is 3. The molecule has 1 fully saturated rings. The monoisotopic (exact) mass is 369 g/mol. The molecule has 8 heteroatoms. The zero-order chi connectivity index (χ0) is 19.2. The number of carbonyl (C=O) groups is 2. The Labute approximate surface area is 157 Å². The topological polar surface area (TPSA) is 107 Å². The second-order valence-electron chi connectivity index (χ2n) is 6.64. The van der Waals surface area contributed by atoms with E-state index in [4.69, 9.17) is 5.11 Å². The van der Waals surface area contributed by atoms with Crippen molar-refractivity contribution in [1.82, 2.24) is 20.2 Å². The van der Waals surface area contributed by atoms with Crippen molar-refractivity contribution >= 4 is 23.5 Å². The molecule has 1 aliphatic heterocycles. The van der Waals surface area contributed by atoms with E-state index in [1.165, 1.54) is 12.4 Å². The highest BCUT2D eigenvalue weighted by Gasteiger charge is 2.31. The lowest BCUT2D eigenvalue weighted by molar-refractivity contribution is -0.138. The molecule has 1 aliphatic rings. The van der Waals surface area contributed by atoms with Gasteiger partial charge in [-0.1, -0.05) is 18.2 Å². The Balaban J connectivity index is 1.50. The summed E-state index contributed by atoms with van der Waals surface area (Å²) >= 11 is 0. The van der Waals surface area contributed by atoms with Crippen LogP contribution in [0.2, 0.25) is 0 Å². The number of amides is 1. The summed E-state index contributed by atoms with van der Waals surface area (Å²) in [4.78, 5) is 33.6. The van der Waals surface area contributed by atoms with Gasteiger partial charge in [-0.05, 0) is 32.0 Å². The number of rotatable bonds is 7. The molecule has 1 aromatic carbocycles. The first-order valence-corrected chi connectivity index (χ1v) is 8.89. The normalized spacial score (nSPS) is 19.6. The summed E-state index contributed by atoms with van der Waals surface area (Å²) in [5, 5.41) is 14.9. The Morgan fingerprint density at radius 2 is 1.81 bits per heavy atom. The van der Waals surface area contributed by atoms with E-state index in [0.717, 1.165) is 18.5 Å². The molecule has 2 heterocycles. The number of benzene rings is 1. The van der Waals surface area contributed by atoms with Crippen LogP contribution in [0.3, 0.4) is 0 Å². The summed E-state index contributed by atoms with van der Waals surface area (Å²) in [6.45, 7) is 0.468. The summed E-state index contributed by atoms with van der Waals surface area (Å²) in [5.74, 6) is -0.612. The number of hydrogen-bond donors (Lipinski definition) is 3. The van der Waals surface area contributed by atoms with Crippen LogP contribution in [0.25, 0.3) is 0 Å². The molecule has 3 rings (SSSR count). The highest BCUT2D eigenvalue weighted by Crippen LogP contribution is 2.24. The van der Waals surface area contributed by atoms with Crippen LogP contribution in [0.1, 0.15) is 29.6 Å². The number of carbonyl (C=O) groups excluding carboxylic acids is 1. The van der Waals surface area contributed by atoms with Gasteiger partial charge >= 0.3 is 5.97 Å². The van der Waals surface area contributed by atoms with Crippen LogP contribution >= 0.6 is 0 Å². The van der Waals surface area contributed by atoms with Crippen molar-refractivity contribution in [2.75, 3.05) is 18.9 Å². The highest BCUT2D eigenvalue weighted by atomic mass is 16.4. The summed E-state index contributed by atoms with van der Waals surface area (Å²) < 4.78 is 0. The molecule has 1 amide bonds. The maximum atomic E-state index is 12.3. The van der Waals surface area contributed by atoms with Gasteiger partial charge in [-0.2, -0.15) is 0 Å². The van der Waals surface area contributed by atoms with Gasteiger partial charge in [0.15, 0.2) is 0 Å². The number of aromatic nitrogens is 2. The minimum atomic E-state index is -0.794.